The number of aromatic nitrogens is 2. The fourth-order valence-corrected chi connectivity index (χ4v) is 2.65. The van der Waals surface area contributed by atoms with Gasteiger partial charge >= 0.3 is 0 Å². The fraction of sp³-hybridized carbons (Fsp3) is 0.474. The molecule has 26 heavy (non-hydrogen) atoms. The lowest BCUT2D eigenvalue weighted by molar-refractivity contribution is 0.306. The Kier molecular flexibility index (Phi) is 8.08. The third kappa shape index (κ3) is 6.48. The van der Waals surface area contributed by atoms with Gasteiger partial charge in [-0.1, -0.05) is 12.1 Å². The van der Waals surface area contributed by atoms with Crippen LogP contribution in [-0.2, 0) is 6.54 Å². The molecule has 0 spiro atoms. The Morgan fingerprint density at radius 3 is 2.65 bits per heavy atom. The van der Waals surface area contributed by atoms with Crippen molar-refractivity contribution in [3.63, 3.8) is 0 Å². The van der Waals surface area contributed by atoms with E-state index in [1.54, 1.807) is 6.20 Å². The molecule has 1 unspecified atom stereocenters. The van der Waals surface area contributed by atoms with Crippen LogP contribution in [0.3, 0.4) is 0 Å². The summed E-state index contributed by atoms with van der Waals surface area (Å²) in [5.74, 6) is 0.573. The Morgan fingerprint density at radius 1 is 1.27 bits per heavy atom. The number of likely N-dealkylation sites (N-methyl/N-ethyl adjacent to an activating group) is 1. The molecule has 0 saturated heterocycles. The van der Waals surface area contributed by atoms with E-state index in [-0.39, 0.29) is 11.9 Å². The van der Waals surface area contributed by atoms with Crippen LogP contribution in [0.1, 0.15) is 24.9 Å². The zero-order valence-electron chi connectivity index (χ0n) is 15.8. The van der Waals surface area contributed by atoms with Gasteiger partial charge in [0, 0.05) is 32.0 Å². The number of hydrogen-bond acceptors (Lipinski definition) is 3. The highest BCUT2D eigenvalue weighted by atomic mass is 19.1. The Hall–Kier alpha value is -2.41. The molecule has 0 fully saturated rings. The third-order valence-corrected chi connectivity index (χ3v) is 4.06. The molecule has 0 aliphatic heterocycles. The molecule has 0 aliphatic carbocycles. The number of aliphatic imine (C=N–C) groups is 1. The van der Waals surface area contributed by atoms with E-state index in [0.29, 0.717) is 6.54 Å². The summed E-state index contributed by atoms with van der Waals surface area (Å²) in [4.78, 5) is 6.80. The summed E-state index contributed by atoms with van der Waals surface area (Å²) in [6.07, 6.45) is 4.71. The minimum atomic E-state index is -0.220. The molecule has 6 nitrogen and oxygen atoms in total. The van der Waals surface area contributed by atoms with Crippen molar-refractivity contribution in [2.45, 2.75) is 25.9 Å². The van der Waals surface area contributed by atoms with Crippen molar-refractivity contribution in [3.8, 4) is 0 Å². The van der Waals surface area contributed by atoms with Crippen LogP contribution in [0.15, 0.2) is 47.7 Å². The van der Waals surface area contributed by atoms with E-state index in [1.165, 1.54) is 12.1 Å². The van der Waals surface area contributed by atoms with E-state index in [9.17, 15) is 4.39 Å². The van der Waals surface area contributed by atoms with Crippen molar-refractivity contribution in [3.05, 3.63) is 54.1 Å². The van der Waals surface area contributed by atoms with E-state index in [1.807, 2.05) is 50.1 Å². The maximum Gasteiger partial charge on any atom is 0.191 e. The summed E-state index contributed by atoms with van der Waals surface area (Å²) in [5.41, 5.74) is 1.05. The standard InChI is InChI=1S/C19H29FN6/c1-4-21-19(22-11-5-13-26-14-6-12-24-26)23-15-18(25(2)3)16-7-9-17(20)10-8-16/h6-10,12,14,18H,4-5,11,13,15H2,1-3H3,(H2,21,22,23). The minimum absolute atomic E-state index is 0.0927. The molecule has 1 heterocycles. The van der Waals surface area contributed by atoms with Crippen molar-refractivity contribution < 1.29 is 4.39 Å². The molecule has 0 aliphatic rings. The van der Waals surface area contributed by atoms with E-state index < -0.39 is 0 Å². The molecule has 0 bridgehead atoms. The third-order valence-electron chi connectivity index (χ3n) is 4.06. The van der Waals surface area contributed by atoms with Crippen molar-refractivity contribution in [1.82, 2.24) is 25.3 Å². The summed E-state index contributed by atoms with van der Waals surface area (Å²) in [7, 11) is 4.02. The largest absolute Gasteiger partial charge is 0.357 e. The SMILES string of the molecule is CCNC(=NCC(c1ccc(F)cc1)N(C)C)NCCCn1cccn1. The van der Waals surface area contributed by atoms with Crippen LogP contribution < -0.4 is 10.6 Å². The predicted molar refractivity (Wildman–Crippen MR) is 104 cm³/mol. The van der Waals surface area contributed by atoms with E-state index in [0.717, 1.165) is 37.6 Å². The monoisotopic (exact) mass is 360 g/mol. The van der Waals surface area contributed by atoms with Crippen LogP contribution in [-0.4, -0.2) is 54.4 Å². The maximum absolute atomic E-state index is 13.2. The summed E-state index contributed by atoms with van der Waals surface area (Å²) in [6.45, 7) is 5.12. The lowest BCUT2D eigenvalue weighted by Gasteiger charge is -2.23. The van der Waals surface area contributed by atoms with Gasteiger partial charge < -0.3 is 15.5 Å². The predicted octanol–water partition coefficient (Wildman–Crippen LogP) is 2.27. The molecule has 0 amide bonds. The number of halogens is 1. The zero-order valence-corrected chi connectivity index (χ0v) is 15.8. The molecule has 1 atom stereocenters. The lowest BCUT2D eigenvalue weighted by atomic mass is 10.1. The van der Waals surface area contributed by atoms with Gasteiger partial charge in [-0.3, -0.25) is 9.67 Å². The highest BCUT2D eigenvalue weighted by Crippen LogP contribution is 2.18. The Labute approximate surface area is 155 Å². The zero-order chi connectivity index (χ0) is 18.8. The Morgan fingerprint density at radius 2 is 2.04 bits per heavy atom. The van der Waals surface area contributed by atoms with Crippen LogP contribution >= 0.6 is 0 Å². The van der Waals surface area contributed by atoms with Crippen molar-refractivity contribution in [2.24, 2.45) is 4.99 Å². The highest BCUT2D eigenvalue weighted by Gasteiger charge is 2.14. The van der Waals surface area contributed by atoms with Crippen molar-refractivity contribution >= 4 is 5.96 Å². The van der Waals surface area contributed by atoms with Gasteiger partial charge in [0.25, 0.3) is 0 Å². The van der Waals surface area contributed by atoms with Gasteiger partial charge in [-0.15, -0.1) is 0 Å². The van der Waals surface area contributed by atoms with Gasteiger partial charge in [0.15, 0.2) is 5.96 Å². The average molecular weight is 360 g/mol. The molecular weight excluding hydrogens is 331 g/mol. The Balaban J connectivity index is 1.91. The number of guanidine groups is 1. The van der Waals surface area contributed by atoms with Crippen LogP contribution in [0.5, 0.6) is 0 Å². The molecule has 2 N–H and O–H groups in total. The lowest BCUT2D eigenvalue weighted by Crippen LogP contribution is -2.38. The maximum atomic E-state index is 13.2. The summed E-state index contributed by atoms with van der Waals surface area (Å²) < 4.78 is 15.1. The molecule has 1 aromatic carbocycles. The second-order valence-corrected chi connectivity index (χ2v) is 6.30. The molecule has 1 aromatic heterocycles. The summed E-state index contributed by atoms with van der Waals surface area (Å²) >= 11 is 0. The van der Waals surface area contributed by atoms with Gasteiger partial charge in [0.05, 0.1) is 12.6 Å². The highest BCUT2D eigenvalue weighted by molar-refractivity contribution is 5.79. The average Bonchev–Trinajstić information content (AvgIpc) is 3.13. The summed E-state index contributed by atoms with van der Waals surface area (Å²) in [6, 6.07) is 8.65. The molecular formula is C19H29FN6. The molecule has 142 valence electrons. The smallest absolute Gasteiger partial charge is 0.191 e. The molecule has 0 saturated carbocycles. The number of nitrogens with one attached hydrogen (secondary N) is 2. The van der Waals surface area contributed by atoms with E-state index in [2.05, 4.69) is 20.6 Å². The molecule has 0 radical (unpaired) electrons. The van der Waals surface area contributed by atoms with Crippen LogP contribution in [0.2, 0.25) is 0 Å². The van der Waals surface area contributed by atoms with E-state index in [4.69, 9.17) is 4.99 Å². The number of rotatable bonds is 9. The fourth-order valence-electron chi connectivity index (χ4n) is 2.65. The second kappa shape index (κ2) is 10.6. The molecule has 7 heteroatoms. The van der Waals surface area contributed by atoms with Crippen LogP contribution in [0.4, 0.5) is 4.39 Å². The van der Waals surface area contributed by atoms with Gasteiger partial charge in [-0.05, 0) is 51.2 Å². The van der Waals surface area contributed by atoms with Gasteiger partial charge in [-0.2, -0.15) is 5.10 Å². The van der Waals surface area contributed by atoms with Crippen LogP contribution in [0, 0.1) is 5.82 Å². The van der Waals surface area contributed by atoms with Crippen molar-refractivity contribution in [1.29, 1.82) is 0 Å². The normalized spacial score (nSPS) is 13.0. The first kappa shape index (κ1) is 19.9. The van der Waals surface area contributed by atoms with Gasteiger partial charge in [0.2, 0.25) is 0 Å². The quantitative estimate of drug-likeness (QED) is 0.409. The molecule has 2 rings (SSSR count). The van der Waals surface area contributed by atoms with Gasteiger partial charge in [0.1, 0.15) is 5.82 Å². The number of nitrogens with zero attached hydrogens (tertiary/aromatic N) is 4. The number of aryl methyl sites for hydroxylation is 1. The topological polar surface area (TPSA) is 57.5 Å². The van der Waals surface area contributed by atoms with E-state index >= 15 is 0 Å². The first-order valence-corrected chi connectivity index (χ1v) is 9.01. The first-order valence-electron chi connectivity index (χ1n) is 9.01. The van der Waals surface area contributed by atoms with Gasteiger partial charge in [-0.25, -0.2) is 4.39 Å². The Bertz CT molecular complexity index is 651. The number of benzene rings is 1. The molecule has 2 aromatic rings. The second-order valence-electron chi connectivity index (χ2n) is 6.30. The van der Waals surface area contributed by atoms with Crippen LogP contribution in [0.25, 0.3) is 0 Å². The minimum Gasteiger partial charge on any atom is -0.357 e. The number of hydrogen-bond donors (Lipinski definition) is 2. The summed E-state index contributed by atoms with van der Waals surface area (Å²) in [5, 5.41) is 10.8. The first-order chi connectivity index (χ1) is 12.6. The van der Waals surface area contributed by atoms with Crippen molar-refractivity contribution in [2.75, 3.05) is 33.7 Å².